The highest BCUT2D eigenvalue weighted by molar-refractivity contribution is 5.78. The van der Waals surface area contributed by atoms with Gasteiger partial charge in [-0.15, -0.1) is 5.10 Å². The van der Waals surface area contributed by atoms with E-state index in [-0.39, 0.29) is 5.91 Å². The van der Waals surface area contributed by atoms with E-state index in [1.165, 1.54) is 6.33 Å². The molecular weight excluding hydrogens is 270 g/mol. The molecule has 2 heterocycles. The van der Waals surface area contributed by atoms with Crippen LogP contribution < -0.4 is 5.32 Å². The highest BCUT2D eigenvalue weighted by Crippen LogP contribution is 2.08. The van der Waals surface area contributed by atoms with Gasteiger partial charge in [-0.05, 0) is 40.3 Å². The lowest BCUT2D eigenvalue weighted by molar-refractivity contribution is -0.120. The van der Waals surface area contributed by atoms with Crippen molar-refractivity contribution in [2.45, 2.75) is 13.0 Å². The normalized spacial score (nSPS) is 10.5. The van der Waals surface area contributed by atoms with Crippen LogP contribution in [0.3, 0.4) is 0 Å². The van der Waals surface area contributed by atoms with Gasteiger partial charge in [-0.25, -0.2) is 4.68 Å². The molecule has 2 aromatic heterocycles. The Morgan fingerprint density at radius 1 is 1.24 bits per heavy atom. The first-order valence-electron chi connectivity index (χ1n) is 6.42. The molecular formula is C14H13N5O2. The predicted octanol–water partition coefficient (Wildman–Crippen LogP) is 1.11. The number of hydrogen-bond donors (Lipinski definition) is 1. The Morgan fingerprint density at radius 3 is 2.76 bits per heavy atom. The maximum atomic E-state index is 11.8. The summed E-state index contributed by atoms with van der Waals surface area (Å²) in [5, 5.41) is 13.8. The topological polar surface area (TPSA) is 85.8 Å². The van der Waals surface area contributed by atoms with Crippen molar-refractivity contribution in [3.8, 4) is 5.69 Å². The zero-order chi connectivity index (χ0) is 14.5. The summed E-state index contributed by atoms with van der Waals surface area (Å²) in [6.45, 7) is 0.397. The van der Waals surface area contributed by atoms with Crippen molar-refractivity contribution in [2.24, 2.45) is 0 Å². The van der Waals surface area contributed by atoms with Gasteiger partial charge in [0, 0.05) is 0 Å². The van der Waals surface area contributed by atoms with E-state index in [0.717, 1.165) is 17.0 Å². The molecule has 3 aromatic rings. The molecule has 0 saturated heterocycles. The third kappa shape index (κ3) is 3.33. The van der Waals surface area contributed by atoms with Gasteiger partial charge in [0.15, 0.2) is 0 Å². The van der Waals surface area contributed by atoms with Crippen LogP contribution in [0.4, 0.5) is 0 Å². The molecule has 7 heteroatoms. The largest absolute Gasteiger partial charge is 0.467 e. The van der Waals surface area contributed by atoms with E-state index in [1.54, 1.807) is 17.0 Å². The van der Waals surface area contributed by atoms with Gasteiger partial charge in [0.1, 0.15) is 12.1 Å². The molecule has 0 aliphatic heterocycles. The van der Waals surface area contributed by atoms with Gasteiger partial charge < -0.3 is 9.73 Å². The second-order valence-corrected chi connectivity index (χ2v) is 4.45. The third-order valence-corrected chi connectivity index (χ3v) is 2.95. The average Bonchev–Trinajstić information content (AvgIpc) is 3.19. The highest BCUT2D eigenvalue weighted by Gasteiger charge is 2.05. The monoisotopic (exact) mass is 283 g/mol. The second-order valence-electron chi connectivity index (χ2n) is 4.45. The van der Waals surface area contributed by atoms with Gasteiger partial charge in [0.2, 0.25) is 5.91 Å². The van der Waals surface area contributed by atoms with Crippen LogP contribution in [-0.2, 0) is 17.8 Å². The average molecular weight is 283 g/mol. The fourth-order valence-corrected chi connectivity index (χ4v) is 1.89. The minimum Gasteiger partial charge on any atom is -0.467 e. The zero-order valence-corrected chi connectivity index (χ0v) is 11.1. The number of aromatic nitrogens is 4. The number of hydrogen-bond acceptors (Lipinski definition) is 5. The first kappa shape index (κ1) is 13.0. The number of amides is 1. The van der Waals surface area contributed by atoms with Gasteiger partial charge >= 0.3 is 0 Å². The zero-order valence-electron chi connectivity index (χ0n) is 11.1. The lowest BCUT2D eigenvalue weighted by Crippen LogP contribution is -2.24. The molecule has 1 amide bonds. The van der Waals surface area contributed by atoms with Crippen LogP contribution in [-0.4, -0.2) is 26.1 Å². The minimum absolute atomic E-state index is 0.0541. The van der Waals surface area contributed by atoms with E-state index < -0.39 is 0 Å². The quantitative estimate of drug-likeness (QED) is 0.758. The molecule has 0 spiro atoms. The van der Waals surface area contributed by atoms with E-state index in [0.29, 0.717) is 13.0 Å². The molecule has 3 rings (SSSR count). The number of tetrazole rings is 1. The number of furan rings is 1. The Kier molecular flexibility index (Phi) is 3.72. The van der Waals surface area contributed by atoms with Crippen molar-refractivity contribution in [1.82, 2.24) is 25.5 Å². The van der Waals surface area contributed by atoms with Crippen molar-refractivity contribution in [3.63, 3.8) is 0 Å². The third-order valence-electron chi connectivity index (χ3n) is 2.95. The second kappa shape index (κ2) is 6.00. The molecule has 0 fully saturated rings. The maximum Gasteiger partial charge on any atom is 0.224 e. The van der Waals surface area contributed by atoms with E-state index in [4.69, 9.17) is 4.42 Å². The number of benzene rings is 1. The van der Waals surface area contributed by atoms with Crippen LogP contribution >= 0.6 is 0 Å². The molecule has 0 aliphatic rings. The van der Waals surface area contributed by atoms with Gasteiger partial charge in [0.05, 0.1) is 24.9 Å². The van der Waals surface area contributed by atoms with Gasteiger partial charge in [-0.2, -0.15) is 0 Å². The van der Waals surface area contributed by atoms with Crippen molar-refractivity contribution < 1.29 is 9.21 Å². The number of carbonyl (C=O) groups is 1. The maximum absolute atomic E-state index is 11.8. The Morgan fingerprint density at radius 2 is 2.10 bits per heavy atom. The molecule has 0 radical (unpaired) electrons. The summed E-state index contributed by atoms with van der Waals surface area (Å²) in [5.41, 5.74) is 1.77. The van der Waals surface area contributed by atoms with Crippen LogP contribution in [0.25, 0.3) is 5.69 Å². The lowest BCUT2D eigenvalue weighted by atomic mass is 10.1. The number of nitrogens with one attached hydrogen (secondary N) is 1. The van der Waals surface area contributed by atoms with Crippen LogP contribution in [0.2, 0.25) is 0 Å². The SMILES string of the molecule is O=C(Cc1ccc(-n2cnnn2)cc1)NCc1ccco1. The molecule has 1 N–H and O–H groups in total. The Balaban J connectivity index is 1.56. The predicted molar refractivity (Wildman–Crippen MR) is 73.4 cm³/mol. The molecule has 0 aliphatic carbocycles. The molecule has 0 bridgehead atoms. The number of carbonyl (C=O) groups excluding carboxylic acids is 1. The standard InChI is InChI=1S/C14H13N5O2/c20-14(15-9-13-2-1-7-21-13)8-11-3-5-12(6-4-11)19-10-16-17-18-19/h1-7,10H,8-9H2,(H,15,20). The molecule has 1 aromatic carbocycles. The van der Waals surface area contributed by atoms with Crippen LogP contribution in [0.1, 0.15) is 11.3 Å². The Labute approximate surface area is 120 Å². The van der Waals surface area contributed by atoms with Crippen molar-refractivity contribution in [2.75, 3.05) is 0 Å². The first-order valence-corrected chi connectivity index (χ1v) is 6.42. The van der Waals surface area contributed by atoms with Crippen LogP contribution in [0.15, 0.2) is 53.4 Å². The molecule has 106 valence electrons. The van der Waals surface area contributed by atoms with Crippen LogP contribution in [0, 0.1) is 0 Å². The molecule has 21 heavy (non-hydrogen) atoms. The minimum atomic E-state index is -0.0541. The van der Waals surface area contributed by atoms with Crippen LogP contribution in [0.5, 0.6) is 0 Å². The Hall–Kier alpha value is -2.96. The summed E-state index contributed by atoms with van der Waals surface area (Å²) in [6.07, 6.45) is 3.42. The van der Waals surface area contributed by atoms with E-state index in [9.17, 15) is 4.79 Å². The molecule has 0 saturated carbocycles. The van der Waals surface area contributed by atoms with Gasteiger partial charge in [0.25, 0.3) is 0 Å². The van der Waals surface area contributed by atoms with E-state index >= 15 is 0 Å². The Bertz CT molecular complexity index is 690. The number of rotatable bonds is 5. The van der Waals surface area contributed by atoms with Crippen molar-refractivity contribution in [3.05, 3.63) is 60.3 Å². The summed E-state index contributed by atoms with van der Waals surface area (Å²) >= 11 is 0. The summed E-state index contributed by atoms with van der Waals surface area (Å²) in [7, 11) is 0. The smallest absolute Gasteiger partial charge is 0.224 e. The first-order chi connectivity index (χ1) is 10.3. The van der Waals surface area contributed by atoms with E-state index in [2.05, 4.69) is 20.8 Å². The van der Waals surface area contributed by atoms with Gasteiger partial charge in [-0.3, -0.25) is 4.79 Å². The van der Waals surface area contributed by atoms with E-state index in [1.807, 2.05) is 30.3 Å². The van der Waals surface area contributed by atoms with Crippen molar-refractivity contribution >= 4 is 5.91 Å². The lowest BCUT2D eigenvalue weighted by Gasteiger charge is -2.05. The molecule has 0 unspecified atom stereocenters. The summed E-state index contributed by atoms with van der Waals surface area (Å²) < 4.78 is 6.71. The highest BCUT2D eigenvalue weighted by atomic mass is 16.3. The fraction of sp³-hybridized carbons (Fsp3) is 0.143. The summed E-state index contributed by atoms with van der Waals surface area (Å²) in [5.74, 6) is 0.680. The summed E-state index contributed by atoms with van der Waals surface area (Å²) in [6, 6.07) is 11.1. The van der Waals surface area contributed by atoms with Crippen molar-refractivity contribution in [1.29, 1.82) is 0 Å². The molecule has 7 nitrogen and oxygen atoms in total. The molecule has 0 atom stereocenters. The summed E-state index contributed by atoms with van der Waals surface area (Å²) in [4.78, 5) is 11.8. The van der Waals surface area contributed by atoms with Gasteiger partial charge in [-0.1, -0.05) is 12.1 Å². The number of nitrogens with zero attached hydrogens (tertiary/aromatic N) is 4. The fourth-order valence-electron chi connectivity index (χ4n) is 1.89.